The molecule has 5 aliphatic rings. The highest BCUT2D eigenvalue weighted by atomic mass is 35.5. The summed E-state index contributed by atoms with van der Waals surface area (Å²) < 4.78 is 11.0. The first kappa shape index (κ1) is 92.2. The van der Waals surface area contributed by atoms with E-state index in [4.69, 9.17) is 79.7 Å². The molecule has 0 aliphatic carbocycles. The molecule has 5 saturated heterocycles. The van der Waals surface area contributed by atoms with Crippen molar-refractivity contribution in [3.8, 4) is 28.4 Å². The number of carbonyl (C=O) groups excluding carboxylic acids is 3. The van der Waals surface area contributed by atoms with E-state index in [2.05, 4.69) is 147 Å². The number of piperidine rings is 5. The van der Waals surface area contributed by atoms with Gasteiger partial charge in [-0.05, 0) is 306 Å². The Kier molecular flexibility index (Phi) is 30.3. The van der Waals surface area contributed by atoms with Crippen LogP contribution >= 0.6 is 58.0 Å². The van der Waals surface area contributed by atoms with Gasteiger partial charge in [-0.25, -0.2) is 0 Å². The molecular weight excluding hydrogens is 1760 g/mol. The van der Waals surface area contributed by atoms with Gasteiger partial charge in [0.05, 0.1) is 71.7 Å². The fourth-order valence-corrected chi connectivity index (χ4v) is 20.3. The summed E-state index contributed by atoms with van der Waals surface area (Å²) >= 11 is 30.2. The fraction of sp³-hybridized carbons (Fsp3) is 0.311. The Hall–Kier alpha value is -11.6. The first-order valence-corrected chi connectivity index (χ1v) is 47.4. The third-order valence-electron chi connectivity index (χ3n) is 26.7. The van der Waals surface area contributed by atoms with E-state index < -0.39 is 6.61 Å². The number of likely N-dealkylation sites (tertiary alicyclic amines) is 5. The summed E-state index contributed by atoms with van der Waals surface area (Å²) in [7, 11) is 0. The number of β-amino-alcohol motifs (C(OH)–C–C–N with tert-alkyl or cyclic N) is 1. The quantitative estimate of drug-likeness (QED) is 0.0534. The zero-order valence-electron chi connectivity index (χ0n) is 73.5. The molecule has 16 heterocycles. The minimum Gasteiger partial charge on any atom is -0.395 e. The van der Waals surface area contributed by atoms with Gasteiger partial charge >= 0.3 is 0 Å². The monoisotopic (exact) mass is 1870 g/mol. The molecule has 3 amide bonds. The number of aromatic nitrogens is 12. The molecule has 0 bridgehead atoms. The number of pyridine rings is 5. The number of carbonyl (C=O) groups is 3. The van der Waals surface area contributed by atoms with Crippen LogP contribution in [0.2, 0.25) is 25.1 Å². The highest BCUT2D eigenvalue weighted by Gasteiger charge is 2.32. The summed E-state index contributed by atoms with van der Waals surface area (Å²) in [6.45, 7) is 10.8. The number of benzene rings is 5. The molecule has 21 rings (SSSR count). The summed E-state index contributed by atoms with van der Waals surface area (Å²) in [6, 6.07) is 51.9. The van der Waals surface area contributed by atoms with E-state index in [9.17, 15) is 14.4 Å². The molecular formula is C103H108Cl5N19O5. The van der Waals surface area contributed by atoms with Crippen molar-refractivity contribution in [2.75, 3.05) is 98.3 Å². The zero-order valence-corrected chi connectivity index (χ0v) is 77.3. The Labute approximate surface area is 792 Å². The number of nitrogens with one attached hydrogen (secondary N) is 1. The third kappa shape index (κ3) is 21.4. The summed E-state index contributed by atoms with van der Waals surface area (Å²) in [6.07, 6.45) is 42.5. The second-order valence-corrected chi connectivity index (χ2v) is 36.6. The standard InChI is InChI=1S/C22H22ClN5.C21H23ClN4O.C20H21ClN4O.C20H20ClN3O2.C20H22ClN3O/c23-17-1-3-19(4-2-17)28-15-21(20-6-9-24-13-22(20)28)16-7-11-27(12-8-16)14-18-5-10-25-26-18;22-16-1-3-17(4-2-16)26-14-19(18-6-10-24-13-20(18)26)15-7-11-25(12-8-15)21(27)5-9-23;21-15-1-3-16(4-2-15)25-13-18(17-5-8-23-12-19(17)25)14-6-9-24(10-7-14)20(26)11-22;21-15-1-3-16(4-2-15)24-12-18(17-5-8-22-11-19(17)24)14-6-9-23(10-7-14)20(26)13-25;21-16-1-3-17(4-2-16)24-14-19(18-5-8-22-13-20(18)24)15-6-9-23(10-7-15)11-12-25/h1-6,9-10,13,15-16H,7-8,11-12,14H2,(H,25,26);1-4,6,10,13-15H,5,7-9,11-12,23H2;1-5,8,12-14H,6-7,9-11,22H2;1-5,8,11-12,14,25H,6-7,9-10,13H2;1-5,8,13-15,25H,6-7,9-12H2. The molecule has 132 heavy (non-hydrogen) atoms. The molecule has 29 heteroatoms. The number of fused-ring (bicyclic) bond motifs is 5. The highest BCUT2D eigenvalue weighted by Crippen LogP contribution is 2.43. The predicted molar refractivity (Wildman–Crippen MR) is 527 cm³/mol. The van der Waals surface area contributed by atoms with Gasteiger partial charge in [0.1, 0.15) is 6.61 Å². The van der Waals surface area contributed by atoms with Crippen molar-refractivity contribution in [1.29, 1.82) is 0 Å². The minimum atomic E-state index is -0.411. The number of halogens is 5. The number of H-pyrrole nitrogens is 1. The maximum atomic E-state index is 12.1. The van der Waals surface area contributed by atoms with E-state index >= 15 is 0 Å². The van der Waals surface area contributed by atoms with Gasteiger partial charge in [-0.2, -0.15) is 5.10 Å². The predicted octanol–water partition coefficient (Wildman–Crippen LogP) is 19.1. The Morgan fingerprint density at radius 3 is 0.848 bits per heavy atom. The van der Waals surface area contributed by atoms with E-state index in [0.717, 1.165) is 206 Å². The molecule has 11 aromatic heterocycles. The van der Waals surface area contributed by atoms with Gasteiger partial charge < -0.3 is 64.1 Å². The molecule has 16 aromatic rings. The van der Waals surface area contributed by atoms with E-state index in [-0.39, 0.29) is 30.9 Å². The van der Waals surface area contributed by atoms with Crippen molar-refractivity contribution in [2.24, 2.45) is 11.5 Å². The Balaban J connectivity index is 0.000000115. The second-order valence-electron chi connectivity index (χ2n) is 34.5. The lowest BCUT2D eigenvalue weighted by Crippen LogP contribution is -2.41. The molecule has 5 fully saturated rings. The maximum Gasteiger partial charge on any atom is 0.248 e. The Morgan fingerprint density at radius 1 is 0.333 bits per heavy atom. The lowest BCUT2D eigenvalue weighted by Gasteiger charge is -2.32. The molecule has 0 saturated carbocycles. The molecule has 0 radical (unpaired) electrons. The van der Waals surface area contributed by atoms with Crippen LogP contribution in [0.4, 0.5) is 0 Å². The van der Waals surface area contributed by atoms with Gasteiger partial charge in [-0.15, -0.1) is 0 Å². The van der Waals surface area contributed by atoms with Crippen molar-refractivity contribution in [1.82, 2.24) is 82.5 Å². The SMILES string of the molecule is Clc1ccc(-n2cc(C3CCN(Cc4ccn[nH]4)CC3)c3ccncc32)cc1.NCC(=O)N1CCC(c2cn(-c3ccc(Cl)cc3)c3cnccc23)CC1.NCCC(=O)N1CCC(c2cn(-c3ccc(Cl)cc3)c3cnccc23)CC1.O=C(CO)N1CCC(c2cn(-c3ccc(Cl)cc3)c3cnccc23)CC1.OCCN1CCC(c2cn(-c3ccc(Cl)cc3)c3cnccc23)CC1. The molecule has 680 valence electrons. The zero-order chi connectivity index (χ0) is 91.1. The van der Waals surface area contributed by atoms with E-state index in [1.165, 1.54) is 60.4 Å². The van der Waals surface area contributed by atoms with E-state index in [1.54, 1.807) is 4.90 Å². The largest absolute Gasteiger partial charge is 0.395 e. The molecule has 0 atom stereocenters. The number of aliphatic hydroxyl groups is 2. The number of hydrogen-bond acceptors (Lipinski definition) is 15. The van der Waals surface area contributed by atoms with Crippen LogP contribution in [-0.2, 0) is 20.9 Å². The van der Waals surface area contributed by atoms with E-state index in [1.807, 2.05) is 187 Å². The van der Waals surface area contributed by atoms with Crippen molar-refractivity contribution in [2.45, 2.75) is 107 Å². The smallest absolute Gasteiger partial charge is 0.248 e. The van der Waals surface area contributed by atoms with Gasteiger partial charge in [0, 0.05) is 220 Å². The normalized spacial score (nSPS) is 15.8. The number of nitrogens with zero attached hydrogens (tertiary/aromatic N) is 16. The molecule has 5 aromatic carbocycles. The van der Waals surface area contributed by atoms with Crippen LogP contribution in [0, 0.1) is 0 Å². The number of aromatic amines is 1. The Bertz CT molecular complexity index is 6390. The summed E-state index contributed by atoms with van der Waals surface area (Å²) in [4.78, 5) is 67.6. The van der Waals surface area contributed by atoms with Gasteiger partial charge in [0.25, 0.3) is 0 Å². The van der Waals surface area contributed by atoms with Crippen molar-refractivity contribution in [3.63, 3.8) is 0 Å². The second kappa shape index (κ2) is 43.4. The van der Waals surface area contributed by atoms with Crippen LogP contribution in [0.15, 0.2) is 257 Å². The number of rotatable bonds is 18. The topological polar surface area (TPSA) is 278 Å². The van der Waals surface area contributed by atoms with Crippen LogP contribution < -0.4 is 11.5 Å². The lowest BCUT2D eigenvalue weighted by atomic mass is 9.89. The molecule has 24 nitrogen and oxygen atoms in total. The number of nitrogens with two attached hydrogens (primary N) is 2. The highest BCUT2D eigenvalue weighted by molar-refractivity contribution is 6.32. The van der Waals surface area contributed by atoms with Gasteiger partial charge in [-0.1, -0.05) is 58.0 Å². The van der Waals surface area contributed by atoms with Crippen LogP contribution in [-0.4, -0.2) is 209 Å². The first-order valence-electron chi connectivity index (χ1n) is 45.5. The number of amides is 3. The average Bonchev–Trinajstić information content (AvgIpc) is 1.65. The number of hydrogen-bond donors (Lipinski definition) is 5. The van der Waals surface area contributed by atoms with Crippen LogP contribution in [0.5, 0.6) is 0 Å². The van der Waals surface area contributed by atoms with Gasteiger partial charge in [0.15, 0.2) is 0 Å². The van der Waals surface area contributed by atoms with Crippen LogP contribution in [0.3, 0.4) is 0 Å². The molecule has 0 spiro atoms. The van der Waals surface area contributed by atoms with Crippen LogP contribution in [0.1, 0.15) is 134 Å². The summed E-state index contributed by atoms with van der Waals surface area (Å²) in [5.74, 6) is 2.39. The fourth-order valence-electron chi connectivity index (χ4n) is 19.7. The van der Waals surface area contributed by atoms with Crippen molar-refractivity contribution < 1.29 is 24.6 Å². The average molecular weight is 1870 g/mol. The maximum absolute atomic E-state index is 12.1. The minimum absolute atomic E-state index is 0.0382. The Morgan fingerprint density at radius 2 is 0.598 bits per heavy atom. The van der Waals surface area contributed by atoms with Crippen molar-refractivity contribution in [3.05, 3.63) is 315 Å². The molecule has 0 unspecified atom stereocenters. The summed E-state index contributed by atoms with van der Waals surface area (Å²) in [5.41, 5.74) is 29.9. The molecule has 7 N–H and O–H groups in total. The van der Waals surface area contributed by atoms with Gasteiger partial charge in [-0.3, -0.25) is 49.3 Å². The third-order valence-corrected chi connectivity index (χ3v) is 27.9. The summed E-state index contributed by atoms with van der Waals surface area (Å²) in [5, 5.41) is 35.2. The lowest BCUT2D eigenvalue weighted by molar-refractivity contribution is -0.135. The van der Waals surface area contributed by atoms with E-state index in [0.29, 0.717) is 60.7 Å². The molecule has 5 aliphatic heterocycles. The van der Waals surface area contributed by atoms with Crippen molar-refractivity contribution >= 4 is 130 Å². The first-order chi connectivity index (χ1) is 64.5. The van der Waals surface area contributed by atoms with Gasteiger partial charge in [0.2, 0.25) is 17.7 Å². The number of aliphatic hydroxyl groups excluding tert-OH is 2. The van der Waals surface area contributed by atoms with Crippen LogP contribution in [0.25, 0.3) is 83.0 Å².